The van der Waals surface area contributed by atoms with Crippen LogP contribution in [0.3, 0.4) is 0 Å². The fourth-order valence-electron chi connectivity index (χ4n) is 1.69. The molecule has 126 valence electrons. The third-order valence-electron chi connectivity index (χ3n) is 2.99. The molecule has 1 aromatic carbocycles. The van der Waals surface area contributed by atoms with Gasteiger partial charge in [-0.05, 0) is 24.3 Å². The molecule has 0 aliphatic carbocycles. The van der Waals surface area contributed by atoms with Crippen LogP contribution in [0.2, 0.25) is 0 Å². The number of benzene rings is 1. The summed E-state index contributed by atoms with van der Waals surface area (Å²) in [7, 11) is 0. The van der Waals surface area contributed by atoms with E-state index in [1.165, 1.54) is 12.1 Å². The van der Waals surface area contributed by atoms with E-state index in [0.717, 1.165) is 12.2 Å². The zero-order chi connectivity index (χ0) is 17.9. The smallest absolute Gasteiger partial charge is 0.339 e. The normalized spacial score (nSPS) is 9.67. The number of carbonyl (C=O) groups is 4. The Bertz CT molecular complexity index is 602. The van der Waals surface area contributed by atoms with E-state index in [1.54, 1.807) is 12.1 Å². The molecule has 0 radical (unpaired) electrons. The van der Waals surface area contributed by atoms with Gasteiger partial charge in [0.1, 0.15) is 0 Å². The molecule has 0 atom stereocenters. The highest BCUT2D eigenvalue weighted by Crippen LogP contribution is 2.12. The lowest BCUT2D eigenvalue weighted by atomic mass is 10.1. The van der Waals surface area contributed by atoms with Gasteiger partial charge in [0.05, 0.1) is 24.3 Å². The molecular weight excluding hydrogens is 312 g/mol. The van der Waals surface area contributed by atoms with Crippen molar-refractivity contribution >= 4 is 23.5 Å². The Morgan fingerprint density at radius 3 is 1.50 bits per heavy atom. The Kier molecular flexibility index (Phi) is 7.84. The van der Waals surface area contributed by atoms with Crippen LogP contribution >= 0.6 is 0 Å². The Hall–Kier alpha value is -3.02. The highest BCUT2D eigenvalue weighted by atomic mass is 16.5. The molecule has 0 unspecified atom stereocenters. The second kappa shape index (κ2) is 9.89. The van der Waals surface area contributed by atoms with Crippen molar-refractivity contribution in [3.05, 3.63) is 60.7 Å². The van der Waals surface area contributed by atoms with Crippen molar-refractivity contribution in [2.75, 3.05) is 13.2 Å². The van der Waals surface area contributed by atoms with Crippen molar-refractivity contribution in [1.82, 2.24) is 0 Å². The molecule has 0 saturated heterocycles. The summed E-state index contributed by atoms with van der Waals surface area (Å²) >= 11 is 0. The molecule has 1 rings (SSSR count). The molecule has 0 bridgehead atoms. The van der Waals surface area contributed by atoms with Crippen LogP contribution in [0.15, 0.2) is 49.6 Å². The van der Waals surface area contributed by atoms with Gasteiger partial charge >= 0.3 is 11.9 Å². The predicted octanol–water partition coefficient (Wildman–Crippen LogP) is 2.29. The first-order valence-electron chi connectivity index (χ1n) is 7.23. The highest BCUT2D eigenvalue weighted by molar-refractivity contribution is 6.03. The summed E-state index contributed by atoms with van der Waals surface area (Å²) in [6, 6.07) is 5.99. The van der Waals surface area contributed by atoms with Gasteiger partial charge in [-0.2, -0.15) is 0 Å². The number of rotatable bonds is 10. The number of ether oxygens (including phenoxy) is 2. The van der Waals surface area contributed by atoms with E-state index in [4.69, 9.17) is 9.47 Å². The fourth-order valence-corrected chi connectivity index (χ4v) is 1.69. The average Bonchev–Trinajstić information content (AvgIpc) is 2.60. The second-order valence-electron chi connectivity index (χ2n) is 4.66. The largest absolute Gasteiger partial charge is 0.462 e. The Morgan fingerprint density at radius 1 is 0.792 bits per heavy atom. The predicted molar refractivity (Wildman–Crippen MR) is 86.6 cm³/mol. The van der Waals surface area contributed by atoms with Gasteiger partial charge in [0.15, 0.2) is 11.6 Å². The first-order valence-corrected chi connectivity index (χ1v) is 7.23. The summed E-state index contributed by atoms with van der Waals surface area (Å²) < 4.78 is 9.94. The minimum atomic E-state index is -0.735. The van der Waals surface area contributed by atoms with Crippen molar-refractivity contribution in [2.45, 2.75) is 12.8 Å². The van der Waals surface area contributed by atoms with Gasteiger partial charge in [0, 0.05) is 12.8 Å². The van der Waals surface area contributed by atoms with E-state index < -0.39 is 11.9 Å². The molecule has 0 aliphatic rings. The number of ketones is 2. The van der Waals surface area contributed by atoms with Crippen molar-refractivity contribution < 1.29 is 28.7 Å². The molecule has 0 heterocycles. The monoisotopic (exact) mass is 330 g/mol. The Labute approximate surface area is 139 Å². The molecule has 0 N–H and O–H groups in total. The standard InChI is InChI=1S/C18H18O6/c1-3-13(19)9-11-23-17(21)15-7-5-6-8-16(15)18(22)24-12-10-14(20)4-2/h3-8H,1-2,9-12H2. The van der Waals surface area contributed by atoms with Crippen LogP contribution in [-0.2, 0) is 19.1 Å². The quantitative estimate of drug-likeness (QED) is 0.483. The Balaban J connectivity index is 2.69. The molecule has 24 heavy (non-hydrogen) atoms. The summed E-state index contributed by atoms with van der Waals surface area (Å²) in [5.41, 5.74) is 0.0622. The number of hydrogen-bond acceptors (Lipinski definition) is 6. The summed E-state index contributed by atoms with van der Waals surface area (Å²) in [6.07, 6.45) is 2.32. The maximum absolute atomic E-state index is 12.0. The second-order valence-corrected chi connectivity index (χ2v) is 4.66. The van der Waals surface area contributed by atoms with Crippen molar-refractivity contribution in [3.63, 3.8) is 0 Å². The molecule has 1 aromatic rings. The van der Waals surface area contributed by atoms with Gasteiger partial charge in [0.2, 0.25) is 0 Å². The van der Waals surface area contributed by atoms with Gasteiger partial charge in [0.25, 0.3) is 0 Å². The number of hydrogen-bond donors (Lipinski definition) is 0. The lowest BCUT2D eigenvalue weighted by Gasteiger charge is -2.09. The lowest BCUT2D eigenvalue weighted by Crippen LogP contribution is -2.16. The third-order valence-corrected chi connectivity index (χ3v) is 2.99. The van der Waals surface area contributed by atoms with Gasteiger partial charge in [-0.15, -0.1) is 0 Å². The lowest BCUT2D eigenvalue weighted by molar-refractivity contribution is -0.116. The molecule has 6 nitrogen and oxygen atoms in total. The number of carbonyl (C=O) groups excluding carboxylic acids is 4. The zero-order valence-electron chi connectivity index (χ0n) is 13.2. The summed E-state index contributed by atoms with van der Waals surface area (Å²) in [6.45, 7) is 6.42. The summed E-state index contributed by atoms with van der Waals surface area (Å²) in [5, 5.41) is 0. The number of allylic oxidation sites excluding steroid dienone is 2. The van der Waals surface area contributed by atoms with E-state index in [2.05, 4.69) is 13.2 Å². The zero-order valence-corrected chi connectivity index (χ0v) is 13.2. The summed E-state index contributed by atoms with van der Waals surface area (Å²) in [5.74, 6) is -1.96. The Morgan fingerprint density at radius 2 is 1.17 bits per heavy atom. The maximum Gasteiger partial charge on any atom is 0.339 e. The minimum Gasteiger partial charge on any atom is -0.462 e. The van der Waals surface area contributed by atoms with Crippen LogP contribution in [0.1, 0.15) is 33.6 Å². The fraction of sp³-hybridized carbons (Fsp3) is 0.222. The van der Waals surface area contributed by atoms with Crippen molar-refractivity contribution in [2.24, 2.45) is 0 Å². The average molecular weight is 330 g/mol. The first kappa shape index (κ1) is 19.0. The van der Waals surface area contributed by atoms with E-state index in [-0.39, 0.29) is 48.7 Å². The van der Waals surface area contributed by atoms with Crippen LogP contribution in [0, 0.1) is 0 Å². The SMILES string of the molecule is C=CC(=O)CCOC(=O)c1ccccc1C(=O)OCCC(=O)C=C. The third kappa shape index (κ3) is 6.00. The van der Waals surface area contributed by atoms with Gasteiger partial charge in [-0.1, -0.05) is 25.3 Å². The van der Waals surface area contributed by atoms with Gasteiger partial charge in [-0.25, -0.2) is 9.59 Å². The summed E-state index contributed by atoms with van der Waals surface area (Å²) in [4.78, 5) is 46.2. The van der Waals surface area contributed by atoms with Crippen LogP contribution in [-0.4, -0.2) is 36.7 Å². The molecule has 0 spiro atoms. The van der Waals surface area contributed by atoms with E-state index in [0.29, 0.717) is 0 Å². The highest BCUT2D eigenvalue weighted by Gasteiger charge is 2.19. The van der Waals surface area contributed by atoms with E-state index in [9.17, 15) is 19.2 Å². The maximum atomic E-state index is 12.0. The van der Waals surface area contributed by atoms with Crippen molar-refractivity contribution in [3.8, 4) is 0 Å². The van der Waals surface area contributed by atoms with Crippen LogP contribution < -0.4 is 0 Å². The first-order chi connectivity index (χ1) is 11.5. The van der Waals surface area contributed by atoms with Crippen LogP contribution in [0.4, 0.5) is 0 Å². The molecule has 0 saturated carbocycles. The molecule has 0 aliphatic heterocycles. The van der Waals surface area contributed by atoms with Crippen LogP contribution in [0.25, 0.3) is 0 Å². The molecule has 0 amide bonds. The molecule has 6 heteroatoms. The van der Waals surface area contributed by atoms with Gasteiger partial charge in [-0.3, -0.25) is 9.59 Å². The molecule has 0 aromatic heterocycles. The number of esters is 2. The van der Waals surface area contributed by atoms with Crippen LogP contribution in [0.5, 0.6) is 0 Å². The molecular formula is C18H18O6. The topological polar surface area (TPSA) is 86.7 Å². The minimum absolute atomic E-state index is 0.0194. The van der Waals surface area contributed by atoms with E-state index >= 15 is 0 Å². The van der Waals surface area contributed by atoms with Gasteiger partial charge < -0.3 is 9.47 Å². The van der Waals surface area contributed by atoms with E-state index in [1.807, 2.05) is 0 Å². The molecule has 0 fully saturated rings. The van der Waals surface area contributed by atoms with Crippen molar-refractivity contribution in [1.29, 1.82) is 0 Å².